The van der Waals surface area contributed by atoms with Crippen molar-refractivity contribution in [2.24, 2.45) is 11.1 Å². The van der Waals surface area contributed by atoms with Crippen molar-refractivity contribution in [3.8, 4) is 5.75 Å². The third kappa shape index (κ3) is 2.61. The summed E-state index contributed by atoms with van der Waals surface area (Å²) in [6.45, 7) is 1.80. The Bertz CT molecular complexity index is 386. The fourth-order valence-corrected chi connectivity index (χ4v) is 3.09. The van der Waals surface area contributed by atoms with E-state index in [0.717, 1.165) is 24.5 Å². The molecule has 0 amide bonds. The van der Waals surface area contributed by atoms with Crippen LogP contribution in [0.3, 0.4) is 0 Å². The molecule has 0 radical (unpaired) electrons. The first kappa shape index (κ1) is 13.2. The molecule has 2 N–H and O–H groups in total. The summed E-state index contributed by atoms with van der Waals surface area (Å²) in [7, 11) is 3.86. The van der Waals surface area contributed by atoms with Crippen LogP contribution in [0.1, 0.15) is 25.7 Å². The minimum Gasteiger partial charge on any atom is -0.495 e. The maximum Gasteiger partial charge on any atom is 0.142 e. The van der Waals surface area contributed by atoms with E-state index in [0.29, 0.717) is 5.41 Å². The lowest BCUT2D eigenvalue weighted by molar-refractivity contribution is 0.314. The normalized spacial score (nSPS) is 17.7. The molecule has 0 atom stereocenters. The molecule has 18 heavy (non-hydrogen) atoms. The first-order valence-corrected chi connectivity index (χ1v) is 6.75. The molecule has 0 heterocycles. The van der Waals surface area contributed by atoms with Crippen molar-refractivity contribution in [3.05, 3.63) is 24.3 Å². The maximum absolute atomic E-state index is 6.01. The largest absolute Gasteiger partial charge is 0.495 e. The Labute approximate surface area is 110 Å². The Kier molecular flexibility index (Phi) is 4.12. The van der Waals surface area contributed by atoms with Crippen LogP contribution in [-0.2, 0) is 0 Å². The van der Waals surface area contributed by atoms with Crippen molar-refractivity contribution in [3.63, 3.8) is 0 Å². The Morgan fingerprint density at radius 1 is 1.28 bits per heavy atom. The number of nitrogens with zero attached hydrogens (tertiary/aromatic N) is 1. The van der Waals surface area contributed by atoms with E-state index < -0.39 is 0 Å². The van der Waals surface area contributed by atoms with Gasteiger partial charge in [-0.1, -0.05) is 25.0 Å². The van der Waals surface area contributed by atoms with Gasteiger partial charge in [-0.05, 0) is 31.5 Å². The van der Waals surface area contributed by atoms with Crippen LogP contribution in [0.2, 0.25) is 0 Å². The summed E-state index contributed by atoms with van der Waals surface area (Å²) in [6.07, 6.45) is 5.14. The van der Waals surface area contributed by atoms with E-state index in [2.05, 4.69) is 24.1 Å². The molecule has 0 spiro atoms. The van der Waals surface area contributed by atoms with Crippen molar-refractivity contribution in [1.82, 2.24) is 0 Å². The van der Waals surface area contributed by atoms with Crippen LogP contribution in [0, 0.1) is 5.41 Å². The summed E-state index contributed by atoms with van der Waals surface area (Å²) in [5.41, 5.74) is 7.46. The zero-order valence-corrected chi connectivity index (χ0v) is 11.5. The molecule has 1 fully saturated rings. The molecule has 0 unspecified atom stereocenters. The molecule has 3 nitrogen and oxygen atoms in total. The fourth-order valence-electron chi connectivity index (χ4n) is 3.09. The van der Waals surface area contributed by atoms with Gasteiger partial charge in [-0.15, -0.1) is 0 Å². The zero-order valence-electron chi connectivity index (χ0n) is 11.5. The molecule has 1 aliphatic carbocycles. The number of anilines is 1. The van der Waals surface area contributed by atoms with Gasteiger partial charge in [0.2, 0.25) is 0 Å². The predicted octanol–water partition coefficient (Wildman–Crippen LogP) is 2.65. The van der Waals surface area contributed by atoms with Crippen LogP contribution >= 0.6 is 0 Å². The van der Waals surface area contributed by atoms with Crippen LogP contribution < -0.4 is 15.4 Å². The highest BCUT2D eigenvalue weighted by Crippen LogP contribution is 2.39. The lowest BCUT2D eigenvalue weighted by Gasteiger charge is -2.34. The fraction of sp³-hybridized carbons (Fsp3) is 0.600. The summed E-state index contributed by atoms with van der Waals surface area (Å²) in [4.78, 5) is 2.29. The summed E-state index contributed by atoms with van der Waals surface area (Å²) < 4.78 is 5.42. The minimum absolute atomic E-state index is 0.301. The molecule has 1 aromatic carbocycles. The molecule has 3 heteroatoms. The van der Waals surface area contributed by atoms with Crippen LogP contribution in [-0.4, -0.2) is 27.2 Å². The van der Waals surface area contributed by atoms with Crippen LogP contribution in [0.25, 0.3) is 0 Å². The maximum atomic E-state index is 6.01. The number of benzene rings is 1. The highest BCUT2D eigenvalue weighted by molar-refractivity contribution is 5.58. The number of rotatable bonds is 5. The smallest absolute Gasteiger partial charge is 0.142 e. The summed E-state index contributed by atoms with van der Waals surface area (Å²) in [6, 6.07) is 8.18. The molecular formula is C15H24N2O. The predicted molar refractivity (Wildman–Crippen MR) is 76.2 cm³/mol. The zero-order chi connectivity index (χ0) is 13.0. The molecule has 1 aliphatic rings. The second-order valence-corrected chi connectivity index (χ2v) is 5.44. The molecular weight excluding hydrogens is 224 g/mol. The Hall–Kier alpha value is -1.22. The summed E-state index contributed by atoms with van der Waals surface area (Å²) in [5, 5.41) is 0. The molecule has 1 aromatic rings. The number of hydrogen-bond acceptors (Lipinski definition) is 3. The molecule has 0 saturated heterocycles. The number of methoxy groups -OCH3 is 1. The van der Waals surface area contributed by atoms with Crippen LogP contribution in [0.15, 0.2) is 24.3 Å². The molecule has 100 valence electrons. The van der Waals surface area contributed by atoms with Gasteiger partial charge in [0.25, 0.3) is 0 Å². The van der Waals surface area contributed by atoms with E-state index in [9.17, 15) is 0 Å². The van der Waals surface area contributed by atoms with Crippen molar-refractivity contribution in [2.75, 3.05) is 32.1 Å². The van der Waals surface area contributed by atoms with Gasteiger partial charge in [0.05, 0.1) is 12.8 Å². The quantitative estimate of drug-likeness (QED) is 0.870. The second-order valence-electron chi connectivity index (χ2n) is 5.44. The third-order valence-electron chi connectivity index (χ3n) is 4.17. The molecule has 1 saturated carbocycles. The van der Waals surface area contributed by atoms with E-state index in [1.54, 1.807) is 7.11 Å². The van der Waals surface area contributed by atoms with Gasteiger partial charge in [0.15, 0.2) is 0 Å². The van der Waals surface area contributed by atoms with Crippen LogP contribution in [0.4, 0.5) is 5.69 Å². The monoisotopic (exact) mass is 248 g/mol. The lowest BCUT2D eigenvalue weighted by Crippen LogP contribution is -2.39. The van der Waals surface area contributed by atoms with Crippen molar-refractivity contribution in [2.45, 2.75) is 25.7 Å². The Morgan fingerprint density at radius 2 is 1.94 bits per heavy atom. The van der Waals surface area contributed by atoms with Crippen molar-refractivity contribution >= 4 is 5.69 Å². The second kappa shape index (κ2) is 5.61. The lowest BCUT2D eigenvalue weighted by atomic mass is 9.85. The van der Waals surface area contributed by atoms with Crippen molar-refractivity contribution in [1.29, 1.82) is 0 Å². The molecule has 2 rings (SSSR count). The number of ether oxygens (including phenoxy) is 1. The average Bonchev–Trinajstić information content (AvgIpc) is 2.87. The minimum atomic E-state index is 0.301. The van der Waals surface area contributed by atoms with Gasteiger partial charge in [-0.2, -0.15) is 0 Å². The molecule has 0 aliphatic heterocycles. The van der Waals surface area contributed by atoms with E-state index >= 15 is 0 Å². The van der Waals surface area contributed by atoms with Gasteiger partial charge in [-0.25, -0.2) is 0 Å². The van der Waals surface area contributed by atoms with Gasteiger partial charge in [-0.3, -0.25) is 0 Å². The van der Waals surface area contributed by atoms with Gasteiger partial charge < -0.3 is 15.4 Å². The number of hydrogen-bond donors (Lipinski definition) is 1. The first-order chi connectivity index (χ1) is 8.71. The topological polar surface area (TPSA) is 38.5 Å². The SMILES string of the molecule is COc1ccccc1N(C)CC1(CN)CCCC1. The first-order valence-electron chi connectivity index (χ1n) is 6.75. The highest BCUT2D eigenvalue weighted by Gasteiger charge is 2.33. The number of para-hydroxylation sites is 2. The Balaban J connectivity index is 2.13. The summed E-state index contributed by atoms with van der Waals surface area (Å²) >= 11 is 0. The number of nitrogens with two attached hydrogens (primary N) is 1. The molecule has 0 aromatic heterocycles. The van der Waals surface area contributed by atoms with Crippen molar-refractivity contribution < 1.29 is 4.74 Å². The Morgan fingerprint density at radius 3 is 2.56 bits per heavy atom. The van der Waals surface area contributed by atoms with Crippen LogP contribution in [0.5, 0.6) is 5.75 Å². The van der Waals surface area contributed by atoms with E-state index in [4.69, 9.17) is 10.5 Å². The van der Waals surface area contributed by atoms with E-state index in [1.807, 2.05) is 12.1 Å². The third-order valence-corrected chi connectivity index (χ3v) is 4.17. The van der Waals surface area contributed by atoms with E-state index in [-0.39, 0.29) is 0 Å². The highest BCUT2D eigenvalue weighted by atomic mass is 16.5. The van der Waals surface area contributed by atoms with Gasteiger partial charge in [0.1, 0.15) is 5.75 Å². The van der Waals surface area contributed by atoms with E-state index in [1.165, 1.54) is 25.7 Å². The van der Waals surface area contributed by atoms with Gasteiger partial charge >= 0.3 is 0 Å². The average molecular weight is 248 g/mol. The molecule has 0 bridgehead atoms. The van der Waals surface area contributed by atoms with Gasteiger partial charge in [0, 0.05) is 19.0 Å². The standard InChI is InChI=1S/C15H24N2O/c1-17(12-15(11-16)9-5-6-10-15)13-7-3-4-8-14(13)18-2/h3-4,7-8H,5-6,9-12,16H2,1-2H3. The summed E-state index contributed by atoms with van der Waals surface area (Å²) in [5.74, 6) is 0.935.